The van der Waals surface area contributed by atoms with Crippen LogP contribution in [0, 0.1) is 5.82 Å². The fourth-order valence-electron chi connectivity index (χ4n) is 2.97. The van der Waals surface area contributed by atoms with Crippen molar-refractivity contribution >= 4 is 17.2 Å². The summed E-state index contributed by atoms with van der Waals surface area (Å²) >= 11 is 1.48. The number of benzene rings is 1. The molecule has 0 saturated carbocycles. The van der Waals surface area contributed by atoms with Gasteiger partial charge in [-0.25, -0.2) is 9.37 Å². The molecule has 1 saturated heterocycles. The highest BCUT2D eigenvalue weighted by molar-refractivity contribution is 7.09. The predicted molar refractivity (Wildman–Crippen MR) is 89.3 cm³/mol. The SMILES string of the molecule is CNCC1CCCN1C(=O)c1csc(Cc2ccc(F)cc2)n1. The van der Waals surface area contributed by atoms with Gasteiger partial charge in [0.15, 0.2) is 0 Å². The molecule has 1 amide bonds. The number of aromatic nitrogens is 1. The van der Waals surface area contributed by atoms with Crippen LogP contribution in [-0.2, 0) is 6.42 Å². The molecule has 1 aromatic heterocycles. The lowest BCUT2D eigenvalue weighted by Gasteiger charge is -2.23. The zero-order valence-electron chi connectivity index (χ0n) is 13.1. The number of rotatable bonds is 5. The highest BCUT2D eigenvalue weighted by Gasteiger charge is 2.29. The largest absolute Gasteiger partial charge is 0.333 e. The van der Waals surface area contributed by atoms with Crippen molar-refractivity contribution in [3.05, 3.63) is 51.7 Å². The van der Waals surface area contributed by atoms with Gasteiger partial charge < -0.3 is 10.2 Å². The van der Waals surface area contributed by atoms with Crippen LogP contribution < -0.4 is 5.32 Å². The van der Waals surface area contributed by atoms with Gasteiger partial charge in [0.1, 0.15) is 11.5 Å². The molecule has 1 unspecified atom stereocenters. The standard InChI is InChI=1S/C17H20FN3OS/c1-19-10-14-3-2-8-21(14)17(22)15-11-23-16(20-15)9-12-4-6-13(18)7-5-12/h4-7,11,14,19H,2-3,8-10H2,1H3. The van der Waals surface area contributed by atoms with E-state index in [0.29, 0.717) is 12.1 Å². The van der Waals surface area contributed by atoms with E-state index in [1.807, 2.05) is 17.3 Å². The number of thiazole rings is 1. The van der Waals surface area contributed by atoms with Gasteiger partial charge in [-0.2, -0.15) is 0 Å². The Kier molecular flexibility index (Phi) is 5.03. The second kappa shape index (κ2) is 7.19. The van der Waals surface area contributed by atoms with Crippen molar-refractivity contribution in [2.45, 2.75) is 25.3 Å². The molecule has 4 nitrogen and oxygen atoms in total. The molecular weight excluding hydrogens is 313 g/mol. The molecule has 1 atom stereocenters. The van der Waals surface area contributed by atoms with E-state index in [-0.39, 0.29) is 17.8 Å². The lowest BCUT2D eigenvalue weighted by Crippen LogP contribution is -2.40. The minimum atomic E-state index is -0.242. The third-order valence-electron chi connectivity index (χ3n) is 4.12. The van der Waals surface area contributed by atoms with Crippen LogP contribution in [0.1, 0.15) is 33.9 Å². The number of carbonyl (C=O) groups is 1. The van der Waals surface area contributed by atoms with Gasteiger partial charge in [-0.3, -0.25) is 4.79 Å². The fraction of sp³-hybridized carbons (Fsp3) is 0.412. The third-order valence-corrected chi connectivity index (χ3v) is 4.97. The first-order valence-corrected chi connectivity index (χ1v) is 8.70. The van der Waals surface area contributed by atoms with Crippen molar-refractivity contribution in [3.63, 3.8) is 0 Å². The van der Waals surface area contributed by atoms with Crippen LogP contribution in [0.3, 0.4) is 0 Å². The first-order chi connectivity index (χ1) is 11.2. The molecule has 1 aliphatic rings. The van der Waals surface area contributed by atoms with E-state index in [2.05, 4.69) is 10.3 Å². The second-order valence-electron chi connectivity index (χ2n) is 5.78. The first kappa shape index (κ1) is 16.1. The molecule has 3 rings (SSSR count). The highest BCUT2D eigenvalue weighted by atomic mass is 32.1. The van der Waals surface area contributed by atoms with Crippen LogP contribution >= 0.6 is 11.3 Å². The monoisotopic (exact) mass is 333 g/mol. The third kappa shape index (κ3) is 3.76. The Hall–Kier alpha value is -1.79. The molecule has 0 aliphatic carbocycles. The Morgan fingerprint density at radius 2 is 2.22 bits per heavy atom. The molecular formula is C17H20FN3OS. The number of hydrogen-bond donors (Lipinski definition) is 1. The number of nitrogens with one attached hydrogen (secondary N) is 1. The van der Waals surface area contributed by atoms with E-state index in [1.54, 1.807) is 12.1 Å². The number of halogens is 1. The molecule has 1 N–H and O–H groups in total. The Bertz CT molecular complexity index is 671. The smallest absolute Gasteiger partial charge is 0.273 e. The summed E-state index contributed by atoms with van der Waals surface area (Å²) in [6, 6.07) is 6.65. The van der Waals surface area contributed by atoms with Crippen LogP contribution in [0.15, 0.2) is 29.6 Å². The molecule has 0 bridgehead atoms. The van der Waals surface area contributed by atoms with Gasteiger partial charge in [0.05, 0.1) is 5.01 Å². The highest BCUT2D eigenvalue weighted by Crippen LogP contribution is 2.22. The minimum absolute atomic E-state index is 0.0179. The minimum Gasteiger partial charge on any atom is -0.333 e. The van der Waals surface area contributed by atoms with E-state index in [0.717, 1.165) is 36.5 Å². The number of hydrogen-bond acceptors (Lipinski definition) is 4. The maximum absolute atomic E-state index is 12.9. The Labute approximate surface area is 139 Å². The van der Waals surface area contributed by atoms with Gasteiger partial charge >= 0.3 is 0 Å². The van der Waals surface area contributed by atoms with Gasteiger partial charge in [0.25, 0.3) is 5.91 Å². The topological polar surface area (TPSA) is 45.2 Å². The van der Waals surface area contributed by atoms with Gasteiger partial charge in [0.2, 0.25) is 0 Å². The molecule has 1 fully saturated rings. The molecule has 0 radical (unpaired) electrons. The molecule has 6 heteroatoms. The number of carbonyl (C=O) groups excluding carboxylic acids is 1. The molecule has 1 aromatic carbocycles. The lowest BCUT2D eigenvalue weighted by molar-refractivity contribution is 0.0731. The van der Waals surface area contributed by atoms with Gasteiger partial charge in [0, 0.05) is 30.9 Å². The summed E-state index contributed by atoms with van der Waals surface area (Å²) in [4.78, 5) is 19.0. The molecule has 2 heterocycles. The fourth-order valence-corrected chi connectivity index (χ4v) is 3.77. The summed E-state index contributed by atoms with van der Waals surface area (Å²) in [6.45, 7) is 1.62. The van der Waals surface area contributed by atoms with Gasteiger partial charge in [-0.1, -0.05) is 12.1 Å². The predicted octanol–water partition coefficient (Wildman–Crippen LogP) is 2.70. The average molecular weight is 333 g/mol. The Morgan fingerprint density at radius 3 is 2.96 bits per heavy atom. The zero-order valence-corrected chi connectivity index (χ0v) is 13.9. The van der Waals surface area contributed by atoms with Crippen molar-refractivity contribution < 1.29 is 9.18 Å². The van der Waals surface area contributed by atoms with E-state index < -0.39 is 0 Å². The van der Waals surface area contributed by atoms with Gasteiger partial charge in [-0.05, 0) is 37.6 Å². The normalized spacial score (nSPS) is 17.7. The first-order valence-electron chi connectivity index (χ1n) is 7.82. The molecule has 1 aliphatic heterocycles. The van der Waals surface area contributed by atoms with Crippen molar-refractivity contribution in [1.29, 1.82) is 0 Å². The van der Waals surface area contributed by atoms with Crippen molar-refractivity contribution in [2.24, 2.45) is 0 Å². The summed E-state index contributed by atoms with van der Waals surface area (Å²) < 4.78 is 12.9. The summed E-state index contributed by atoms with van der Waals surface area (Å²) in [5.41, 5.74) is 1.52. The number of likely N-dealkylation sites (tertiary alicyclic amines) is 1. The number of nitrogens with zero attached hydrogens (tertiary/aromatic N) is 2. The van der Waals surface area contributed by atoms with Crippen LogP contribution in [0.25, 0.3) is 0 Å². The maximum Gasteiger partial charge on any atom is 0.273 e. The van der Waals surface area contributed by atoms with Crippen LogP contribution in [0.5, 0.6) is 0 Å². The molecule has 0 spiro atoms. The van der Waals surface area contributed by atoms with Crippen molar-refractivity contribution in [1.82, 2.24) is 15.2 Å². The molecule has 2 aromatic rings. The molecule has 122 valence electrons. The summed E-state index contributed by atoms with van der Waals surface area (Å²) in [5.74, 6) is -0.224. The Morgan fingerprint density at radius 1 is 1.43 bits per heavy atom. The van der Waals surface area contributed by atoms with E-state index in [1.165, 1.54) is 23.5 Å². The quantitative estimate of drug-likeness (QED) is 0.915. The molecule has 23 heavy (non-hydrogen) atoms. The van der Waals surface area contributed by atoms with Crippen molar-refractivity contribution in [2.75, 3.05) is 20.1 Å². The lowest BCUT2D eigenvalue weighted by atomic mass is 10.1. The van der Waals surface area contributed by atoms with Gasteiger partial charge in [-0.15, -0.1) is 11.3 Å². The van der Waals surface area contributed by atoms with E-state index >= 15 is 0 Å². The number of amides is 1. The van der Waals surface area contributed by atoms with Crippen molar-refractivity contribution in [3.8, 4) is 0 Å². The summed E-state index contributed by atoms with van der Waals surface area (Å²) in [6.07, 6.45) is 2.71. The second-order valence-corrected chi connectivity index (χ2v) is 6.72. The zero-order chi connectivity index (χ0) is 16.2. The van der Waals surface area contributed by atoms with E-state index in [4.69, 9.17) is 0 Å². The summed E-state index contributed by atoms with van der Waals surface area (Å²) in [7, 11) is 1.91. The maximum atomic E-state index is 12.9. The van der Waals surface area contributed by atoms with Crippen LogP contribution in [0.2, 0.25) is 0 Å². The van der Waals surface area contributed by atoms with Crippen LogP contribution in [-0.4, -0.2) is 42.0 Å². The van der Waals surface area contributed by atoms with Crippen LogP contribution in [0.4, 0.5) is 4.39 Å². The Balaban J connectivity index is 1.68. The van der Waals surface area contributed by atoms with E-state index in [9.17, 15) is 9.18 Å². The average Bonchev–Trinajstić information content (AvgIpc) is 3.19. The number of likely N-dealkylation sites (N-methyl/N-ethyl adjacent to an activating group) is 1. The summed E-state index contributed by atoms with van der Waals surface area (Å²) in [5, 5.41) is 5.85.